The maximum Gasteiger partial charge on any atom is 0.275 e. The minimum Gasteiger partial charge on any atom is -0.497 e. The lowest BCUT2D eigenvalue weighted by Crippen LogP contribution is -2.26. The number of carbonyl (C=O) groups is 1. The summed E-state index contributed by atoms with van der Waals surface area (Å²) >= 11 is 0. The van der Waals surface area contributed by atoms with E-state index in [4.69, 9.17) is 18.4 Å². The number of methoxy groups -OCH3 is 1. The van der Waals surface area contributed by atoms with Crippen molar-refractivity contribution in [3.63, 3.8) is 0 Å². The van der Waals surface area contributed by atoms with E-state index >= 15 is 0 Å². The Morgan fingerprint density at radius 1 is 1.28 bits per heavy atom. The van der Waals surface area contributed by atoms with Gasteiger partial charge >= 0.3 is 0 Å². The second-order valence-electron chi connectivity index (χ2n) is 5.25. The Balaban J connectivity index is 1.58. The highest BCUT2D eigenvalue weighted by molar-refractivity contribution is 5.91. The molecule has 0 spiro atoms. The van der Waals surface area contributed by atoms with Crippen molar-refractivity contribution in [2.75, 3.05) is 14.2 Å². The van der Waals surface area contributed by atoms with Gasteiger partial charge in [-0.1, -0.05) is 11.2 Å². The molecule has 0 aliphatic carbocycles. The van der Waals surface area contributed by atoms with Gasteiger partial charge < -0.3 is 23.3 Å². The van der Waals surface area contributed by atoms with E-state index in [0.717, 1.165) is 0 Å². The van der Waals surface area contributed by atoms with Crippen molar-refractivity contribution in [1.82, 2.24) is 15.0 Å². The summed E-state index contributed by atoms with van der Waals surface area (Å²) in [6.45, 7) is 0.422. The Bertz CT molecular complexity index is 828. The Labute approximate surface area is 143 Å². The smallest absolute Gasteiger partial charge is 0.275 e. The summed E-state index contributed by atoms with van der Waals surface area (Å²) in [6.07, 6.45) is 2.77. The molecule has 0 aliphatic heterocycles. The van der Waals surface area contributed by atoms with Crippen LogP contribution in [0.2, 0.25) is 0 Å². The van der Waals surface area contributed by atoms with E-state index in [2.05, 4.69) is 10.1 Å². The summed E-state index contributed by atoms with van der Waals surface area (Å²) in [5, 5.41) is 3.77. The zero-order chi connectivity index (χ0) is 17.6. The predicted molar refractivity (Wildman–Crippen MR) is 86.1 cm³/mol. The number of carbonyl (C=O) groups excluding carboxylic acids is 1. The number of aromatic nitrogens is 2. The zero-order valence-corrected chi connectivity index (χ0v) is 13.8. The first kappa shape index (κ1) is 16.6. The summed E-state index contributed by atoms with van der Waals surface area (Å²) in [5.74, 6) is 1.34. The van der Waals surface area contributed by atoms with Crippen LogP contribution in [0.5, 0.6) is 11.5 Å². The second-order valence-corrected chi connectivity index (χ2v) is 5.25. The van der Waals surface area contributed by atoms with Gasteiger partial charge in [0.2, 0.25) is 5.89 Å². The summed E-state index contributed by atoms with van der Waals surface area (Å²) in [4.78, 5) is 18.0. The number of amides is 1. The fraction of sp³-hybridized carbons (Fsp3) is 0.235. The van der Waals surface area contributed by atoms with Gasteiger partial charge in [0.25, 0.3) is 5.91 Å². The molecule has 3 rings (SSSR count). The first-order valence-electron chi connectivity index (χ1n) is 7.51. The quantitative estimate of drug-likeness (QED) is 0.651. The van der Waals surface area contributed by atoms with Crippen molar-refractivity contribution >= 4 is 5.91 Å². The molecule has 0 saturated carbocycles. The van der Waals surface area contributed by atoms with E-state index in [9.17, 15) is 4.79 Å². The average molecular weight is 343 g/mol. The Morgan fingerprint density at radius 2 is 2.12 bits per heavy atom. The molecular formula is C17H17N3O5. The monoisotopic (exact) mass is 343 g/mol. The summed E-state index contributed by atoms with van der Waals surface area (Å²) in [5.41, 5.74) is 0.858. The molecule has 0 unspecified atom stereocenters. The van der Waals surface area contributed by atoms with Gasteiger partial charge in [0.1, 0.15) is 29.7 Å². The summed E-state index contributed by atoms with van der Waals surface area (Å²) in [6, 6.07) is 8.88. The molecule has 0 atom stereocenters. The van der Waals surface area contributed by atoms with Crippen LogP contribution in [0, 0.1) is 0 Å². The summed E-state index contributed by atoms with van der Waals surface area (Å²) < 4.78 is 20.8. The third-order valence-corrected chi connectivity index (χ3v) is 3.41. The van der Waals surface area contributed by atoms with Gasteiger partial charge in [0.05, 0.1) is 13.7 Å². The lowest BCUT2D eigenvalue weighted by molar-refractivity contribution is 0.0776. The van der Waals surface area contributed by atoms with Crippen LogP contribution in [0.25, 0.3) is 0 Å². The van der Waals surface area contributed by atoms with E-state index in [-0.39, 0.29) is 18.2 Å². The van der Waals surface area contributed by atoms with Gasteiger partial charge in [-0.05, 0) is 12.1 Å². The molecular weight excluding hydrogens is 326 g/mol. The summed E-state index contributed by atoms with van der Waals surface area (Å²) in [7, 11) is 3.23. The van der Waals surface area contributed by atoms with Crippen molar-refractivity contribution in [2.24, 2.45) is 0 Å². The fourth-order valence-electron chi connectivity index (χ4n) is 2.14. The first-order chi connectivity index (χ1) is 12.2. The number of ether oxygens (including phenoxy) is 2. The van der Waals surface area contributed by atoms with Crippen molar-refractivity contribution in [1.29, 1.82) is 0 Å². The maximum atomic E-state index is 12.3. The van der Waals surface area contributed by atoms with Crippen LogP contribution in [0.4, 0.5) is 0 Å². The lowest BCUT2D eigenvalue weighted by Gasteiger charge is -2.13. The SMILES string of the molecule is COc1cccc(OCc2nc(C(=O)N(C)Cc3ccon3)co2)c1. The molecule has 0 bridgehead atoms. The number of oxazole rings is 1. The topological polar surface area (TPSA) is 90.8 Å². The van der Waals surface area contributed by atoms with Gasteiger partial charge in [0, 0.05) is 19.2 Å². The van der Waals surface area contributed by atoms with Crippen LogP contribution in [0.3, 0.4) is 0 Å². The highest BCUT2D eigenvalue weighted by Gasteiger charge is 2.18. The van der Waals surface area contributed by atoms with Gasteiger partial charge in [-0.2, -0.15) is 0 Å². The van der Waals surface area contributed by atoms with Crippen molar-refractivity contribution in [3.8, 4) is 11.5 Å². The molecule has 0 fully saturated rings. The number of hydrogen-bond donors (Lipinski definition) is 0. The van der Waals surface area contributed by atoms with E-state index in [0.29, 0.717) is 29.6 Å². The van der Waals surface area contributed by atoms with Crippen LogP contribution in [-0.4, -0.2) is 35.1 Å². The van der Waals surface area contributed by atoms with E-state index in [1.165, 1.54) is 17.4 Å². The molecule has 0 aliphatic rings. The van der Waals surface area contributed by atoms with Gasteiger partial charge in [-0.25, -0.2) is 4.98 Å². The van der Waals surface area contributed by atoms with Crippen molar-refractivity contribution in [3.05, 3.63) is 60.1 Å². The Morgan fingerprint density at radius 3 is 2.88 bits per heavy atom. The predicted octanol–water partition coefficient (Wildman–Crippen LogP) is 2.52. The number of hydrogen-bond acceptors (Lipinski definition) is 7. The molecule has 130 valence electrons. The molecule has 1 aromatic carbocycles. The third kappa shape index (κ3) is 4.17. The Kier molecular flexibility index (Phi) is 4.98. The zero-order valence-electron chi connectivity index (χ0n) is 13.8. The lowest BCUT2D eigenvalue weighted by atomic mass is 10.3. The van der Waals surface area contributed by atoms with E-state index in [1.807, 2.05) is 12.1 Å². The number of benzene rings is 1. The fourth-order valence-corrected chi connectivity index (χ4v) is 2.14. The Hall–Kier alpha value is -3.29. The second kappa shape index (κ2) is 7.52. The van der Waals surface area contributed by atoms with E-state index in [1.54, 1.807) is 32.4 Å². The van der Waals surface area contributed by atoms with E-state index < -0.39 is 0 Å². The highest BCUT2D eigenvalue weighted by Crippen LogP contribution is 2.20. The molecule has 25 heavy (non-hydrogen) atoms. The number of rotatable bonds is 7. The highest BCUT2D eigenvalue weighted by atomic mass is 16.5. The average Bonchev–Trinajstić information content (AvgIpc) is 3.31. The maximum absolute atomic E-state index is 12.3. The van der Waals surface area contributed by atoms with Crippen molar-refractivity contribution < 1.29 is 23.2 Å². The minimum atomic E-state index is -0.278. The molecule has 2 heterocycles. The van der Waals surface area contributed by atoms with Crippen LogP contribution < -0.4 is 9.47 Å². The van der Waals surface area contributed by atoms with Crippen LogP contribution in [0.15, 0.2) is 51.8 Å². The van der Waals surface area contributed by atoms with Gasteiger partial charge in [0.15, 0.2) is 12.3 Å². The molecule has 8 heteroatoms. The molecule has 0 N–H and O–H groups in total. The molecule has 8 nitrogen and oxygen atoms in total. The minimum absolute atomic E-state index is 0.105. The standard InChI is InChI=1S/C17H17N3O5/c1-20(9-12-6-7-25-19-12)17(21)15-10-24-16(18-15)11-23-14-5-3-4-13(8-14)22-2/h3-8,10H,9,11H2,1-2H3. The van der Waals surface area contributed by atoms with Crippen molar-refractivity contribution in [2.45, 2.75) is 13.2 Å². The normalized spacial score (nSPS) is 10.5. The van der Waals surface area contributed by atoms with Gasteiger partial charge in [-0.3, -0.25) is 4.79 Å². The molecule has 3 aromatic rings. The van der Waals surface area contributed by atoms with Crippen LogP contribution in [-0.2, 0) is 13.2 Å². The molecule has 2 aromatic heterocycles. The largest absolute Gasteiger partial charge is 0.497 e. The molecule has 1 amide bonds. The van der Waals surface area contributed by atoms with Gasteiger partial charge in [-0.15, -0.1) is 0 Å². The molecule has 0 saturated heterocycles. The molecule has 0 radical (unpaired) electrons. The third-order valence-electron chi connectivity index (χ3n) is 3.41. The first-order valence-corrected chi connectivity index (χ1v) is 7.51. The number of nitrogens with zero attached hydrogens (tertiary/aromatic N) is 3. The van der Waals surface area contributed by atoms with Crippen LogP contribution >= 0.6 is 0 Å². The van der Waals surface area contributed by atoms with Crippen LogP contribution in [0.1, 0.15) is 22.1 Å².